The third-order valence-corrected chi connectivity index (χ3v) is 6.82. The van der Waals surface area contributed by atoms with Crippen LogP contribution >= 0.6 is 0 Å². The zero-order chi connectivity index (χ0) is 28.4. The van der Waals surface area contributed by atoms with Crippen LogP contribution in [0.4, 0.5) is 11.4 Å². The quantitative estimate of drug-likeness (QED) is 0.132. The van der Waals surface area contributed by atoms with E-state index < -0.39 is 6.10 Å². The average molecular weight is 550 g/mol. The van der Waals surface area contributed by atoms with Crippen LogP contribution in [-0.2, 0) is 13.0 Å². The summed E-state index contributed by atoms with van der Waals surface area (Å²) in [5, 5.41) is 18.5. The molecule has 210 valence electrons. The maximum atomic E-state index is 12.1. The van der Waals surface area contributed by atoms with Crippen LogP contribution in [-0.4, -0.2) is 29.8 Å². The third kappa shape index (κ3) is 7.54. The van der Waals surface area contributed by atoms with Gasteiger partial charge < -0.3 is 30.2 Å². The average Bonchev–Trinajstić information content (AvgIpc) is 3.00. The normalized spacial score (nSPS) is 11.8. The molecule has 5 rings (SSSR count). The van der Waals surface area contributed by atoms with Crippen molar-refractivity contribution in [3.8, 4) is 11.5 Å². The van der Waals surface area contributed by atoms with Gasteiger partial charge in [0.25, 0.3) is 0 Å². The number of aromatic amines is 1. The highest BCUT2D eigenvalue weighted by Crippen LogP contribution is 2.30. The molecule has 0 aliphatic carbocycles. The first-order valence-corrected chi connectivity index (χ1v) is 13.9. The van der Waals surface area contributed by atoms with E-state index in [0.29, 0.717) is 31.0 Å². The van der Waals surface area contributed by atoms with Gasteiger partial charge in [-0.15, -0.1) is 0 Å². The van der Waals surface area contributed by atoms with Gasteiger partial charge in [-0.05, 0) is 85.1 Å². The van der Waals surface area contributed by atoms with Crippen LogP contribution in [0.15, 0.2) is 108 Å². The maximum Gasteiger partial charge on any atom is 0.248 e. The Hall–Kier alpha value is -4.59. The van der Waals surface area contributed by atoms with E-state index in [-0.39, 0.29) is 5.56 Å². The summed E-state index contributed by atoms with van der Waals surface area (Å²) in [5.74, 6) is 1.44. The number of aliphatic hydroxyl groups is 1. The third-order valence-electron chi connectivity index (χ3n) is 6.82. The number of benzene rings is 4. The fourth-order valence-electron chi connectivity index (χ4n) is 4.70. The van der Waals surface area contributed by atoms with Crippen molar-refractivity contribution >= 4 is 22.3 Å². The molecule has 7 nitrogen and oxygen atoms in total. The van der Waals surface area contributed by atoms with Crippen molar-refractivity contribution in [2.75, 3.05) is 25.0 Å². The van der Waals surface area contributed by atoms with E-state index in [1.165, 1.54) is 11.6 Å². The van der Waals surface area contributed by atoms with Gasteiger partial charge in [0.15, 0.2) is 0 Å². The van der Waals surface area contributed by atoms with E-state index in [1.54, 1.807) is 6.07 Å². The fraction of sp³-hybridized carbons (Fsp3) is 0.206. The molecular weight excluding hydrogens is 514 g/mol. The second-order valence-corrected chi connectivity index (χ2v) is 9.79. The Labute approximate surface area is 239 Å². The molecule has 7 heteroatoms. The Balaban J connectivity index is 1.14. The zero-order valence-electron chi connectivity index (χ0n) is 23.1. The number of ether oxygens (including phenoxy) is 2. The Morgan fingerprint density at radius 2 is 1.54 bits per heavy atom. The number of H-pyrrole nitrogens is 1. The van der Waals surface area contributed by atoms with Gasteiger partial charge >= 0.3 is 0 Å². The van der Waals surface area contributed by atoms with Crippen molar-refractivity contribution in [2.24, 2.45) is 0 Å². The summed E-state index contributed by atoms with van der Waals surface area (Å²) in [7, 11) is 0. The molecule has 0 bridgehead atoms. The number of fused-ring (bicyclic) bond motifs is 1. The molecule has 1 unspecified atom stereocenters. The van der Waals surface area contributed by atoms with Crippen molar-refractivity contribution in [1.29, 1.82) is 0 Å². The molecule has 4 N–H and O–H groups in total. The van der Waals surface area contributed by atoms with Gasteiger partial charge in [0, 0.05) is 29.4 Å². The van der Waals surface area contributed by atoms with E-state index in [0.717, 1.165) is 46.6 Å². The van der Waals surface area contributed by atoms with Crippen molar-refractivity contribution in [1.82, 2.24) is 10.3 Å². The van der Waals surface area contributed by atoms with Crippen molar-refractivity contribution in [3.63, 3.8) is 0 Å². The Morgan fingerprint density at radius 3 is 2.27 bits per heavy atom. The molecule has 4 aromatic carbocycles. The Kier molecular flexibility index (Phi) is 9.31. The number of aromatic nitrogens is 1. The molecule has 1 atom stereocenters. The molecule has 0 amide bonds. The summed E-state index contributed by atoms with van der Waals surface area (Å²) in [5.41, 5.74) is 5.36. The summed E-state index contributed by atoms with van der Waals surface area (Å²) in [6, 6.07) is 33.0. The number of rotatable bonds is 13. The molecule has 0 saturated heterocycles. The smallest absolute Gasteiger partial charge is 0.248 e. The maximum absolute atomic E-state index is 12.1. The second kappa shape index (κ2) is 13.7. The molecule has 0 spiro atoms. The van der Waals surface area contributed by atoms with Crippen LogP contribution < -0.4 is 25.7 Å². The standard InChI is InChI=1S/C34H35N3O4/c1-2-40-28-14-12-27(13-15-28)36-26-10-8-24(9-11-26)20-21-35-22-31(38)29-16-18-32(34-30(29)17-19-33(39)37-34)41-23-25-6-4-3-5-7-25/h3-19,31,35-36,38H,2,20-23H2,1H3,(H,37,39). The lowest BCUT2D eigenvalue weighted by Gasteiger charge is -2.17. The zero-order valence-corrected chi connectivity index (χ0v) is 23.1. The van der Waals surface area contributed by atoms with Gasteiger partial charge in [-0.25, -0.2) is 0 Å². The largest absolute Gasteiger partial charge is 0.494 e. The lowest BCUT2D eigenvalue weighted by atomic mass is 10.0. The molecule has 0 aliphatic rings. The van der Waals surface area contributed by atoms with Crippen LogP contribution in [0.2, 0.25) is 0 Å². The van der Waals surface area contributed by atoms with Gasteiger partial charge in [0.2, 0.25) is 5.56 Å². The number of hydrogen-bond donors (Lipinski definition) is 4. The summed E-state index contributed by atoms with van der Waals surface area (Å²) >= 11 is 0. The topological polar surface area (TPSA) is 95.6 Å². The van der Waals surface area contributed by atoms with Crippen LogP contribution in [0.5, 0.6) is 11.5 Å². The highest BCUT2D eigenvalue weighted by atomic mass is 16.5. The minimum absolute atomic E-state index is 0.215. The first-order valence-electron chi connectivity index (χ1n) is 13.9. The molecule has 41 heavy (non-hydrogen) atoms. The van der Waals surface area contributed by atoms with Crippen molar-refractivity contribution in [2.45, 2.75) is 26.1 Å². The summed E-state index contributed by atoms with van der Waals surface area (Å²) in [4.78, 5) is 15.0. The van der Waals surface area contributed by atoms with Gasteiger partial charge in [-0.2, -0.15) is 0 Å². The van der Waals surface area contributed by atoms with Crippen LogP contribution in [0.1, 0.15) is 29.7 Å². The monoisotopic (exact) mass is 549 g/mol. The molecule has 0 aliphatic heterocycles. The molecule has 5 aromatic rings. The van der Waals surface area contributed by atoms with Crippen LogP contribution in [0, 0.1) is 0 Å². The van der Waals surface area contributed by atoms with Gasteiger partial charge in [-0.3, -0.25) is 4.79 Å². The predicted molar refractivity (Wildman–Crippen MR) is 164 cm³/mol. The summed E-state index contributed by atoms with van der Waals surface area (Å²) < 4.78 is 11.5. The lowest BCUT2D eigenvalue weighted by molar-refractivity contribution is 0.176. The predicted octanol–water partition coefficient (Wildman–Crippen LogP) is 6.12. The van der Waals surface area contributed by atoms with E-state index in [1.807, 2.05) is 73.7 Å². The van der Waals surface area contributed by atoms with Gasteiger partial charge in [0.05, 0.1) is 18.2 Å². The first-order chi connectivity index (χ1) is 20.1. The molecule has 1 aromatic heterocycles. The second-order valence-electron chi connectivity index (χ2n) is 9.79. The SMILES string of the molecule is CCOc1ccc(Nc2ccc(CCNCC(O)c3ccc(OCc4ccccc4)c4[nH]c(=O)ccc34)cc2)cc1. The number of nitrogens with one attached hydrogen (secondary N) is 3. The molecule has 0 radical (unpaired) electrons. The van der Waals surface area contributed by atoms with Crippen molar-refractivity contribution < 1.29 is 14.6 Å². The molecule has 0 saturated carbocycles. The van der Waals surface area contributed by atoms with E-state index in [9.17, 15) is 9.90 Å². The minimum Gasteiger partial charge on any atom is -0.494 e. The Bertz CT molecular complexity index is 1600. The van der Waals surface area contributed by atoms with E-state index in [4.69, 9.17) is 9.47 Å². The van der Waals surface area contributed by atoms with Crippen LogP contribution in [0.3, 0.4) is 0 Å². The highest BCUT2D eigenvalue weighted by molar-refractivity contribution is 5.87. The summed E-state index contributed by atoms with van der Waals surface area (Å²) in [6.45, 7) is 4.11. The van der Waals surface area contributed by atoms with Gasteiger partial charge in [0.1, 0.15) is 18.1 Å². The highest BCUT2D eigenvalue weighted by Gasteiger charge is 2.15. The van der Waals surface area contributed by atoms with Crippen molar-refractivity contribution in [3.05, 3.63) is 130 Å². The van der Waals surface area contributed by atoms with Crippen LogP contribution in [0.25, 0.3) is 10.9 Å². The number of aliphatic hydroxyl groups excluding tert-OH is 1. The minimum atomic E-state index is -0.743. The van der Waals surface area contributed by atoms with Gasteiger partial charge in [-0.1, -0.05) is 48.5 Å². The van der Waals surface area contributed by atoms with E-state index >= 15 is 0 Å². The first kappa shape index (κ1) is 28.0. The fourth-order valence-corrected chi connectivity index (χ4v) is 4.70. The molecule has 0 fully saturated rings. The molecular formula is C34H35N3O4. The number of pyridine rings is 1. The summed E-state index contributed by atoms with van der Waals surface area (Å²) in [6.07, 6.45) is 0.0865. The molecule has 1 heterocycles. The number of hydrogen-bond acceptors (Lipinski definition) is 6. The Morgan fingerprint density at radius 1 is 0.805 bits per heavy atom. The van der Waals surface area contributed by atoms with E-state index in [2.05, 4.69) is 39.9 Å². The number of anilines is 2. The lowest BCUT2D eigenvalue weighted by Crippen LogP contribution is -2.24.